The fourth-order valence-electron chi connectivity index (χ4n) is 1.90. The first kappa shape index (κ1) is 16.5. The van der Waals surface area contributed by atoms with Crippen molar-refractivity contribution in [1.29, 1.82) is 0 Å². The number of nitrogens with one attached hydrogen (secondary N) is 1. The number of rotatable bonds is 5. The molecule has 0 spiro atoms. The number of hydrogen-bond donors (Lipinski definition) is 2. The zero-order chi connectivity index (χ0) is 15.5. The first-order valence-corrected chi connectivity index (χ1v) is 6.26. The van der Waals surface area contributed by atoms with Crippen molar-refractivity contribution >= 4 is 5.97 Å². The second kappa shape index (κ2) is 6.26. The molecule has 0 aliphatic carbocycles. The lowest BCUT2D eigenvalue weighted by molar-refractivity contribution is -0.140. The van der Waals surface area contributed by atoms with Crippen molar-refractivity contribution in [3.8, 4) is 0 Å². The van der Waals surface area contributed by atoms with Gasteiger partial charge < -0.3 is 10.4 Å². The molecule has 0 saturated heterocycles. The Balaban J connectivity index is 2.82. The summed E-state index contributed by atoms with van der Waals surface area (Å²) in [6.07, 6.45) is -4.36. The number of alkyl halides is 3. The number of halogens is 3. The maximum absolute atomic E-state index is 12.5. The topological polar surface area (TPSA) is 49.3 Å². The predicted octanol–water partition coefficient (Wildman–Crippen LogP) is 3.21. The summed E-state index contributed by atoms with van der Waals surface area (Å²) >= 11 is 0. The average Bonchev–Trinajstić information content (AvgIpc) is 2.28. The summed E-state index contributed by atoms with van der Waals surface area (Å²) < 4.78 is 37.6. The Morgan fingerprint density at radius 1 is 1.35 bits per heavy atom. The lowest BCUT2D eigenvalue weighted by Gasteiger charge is -2.19. The van der Waals surface area contributed by atoms with Gasteiger partial charge in [0.1, 0.15) is 6.04 Å². The smallest absolute Gasteiger partial charge is 0.416 e. The Hall–Kier alpha value is -1.56. The first-order valence-electron chi connectivity index (χ1n) is 6.26. The van der Waals surface area contributed by atoms with Crippen LogP contribution in [0.1, 0.15) is 30.5 Å². The van der Waals surface area contributed by atoms with E-state index in [0.29, 0.717) is 11.1 Å². The molecule has 1 unspecified atom stereocenters. The molecule has 1 atom stereocenters. The van der Waals surface area contributed by atoms with Crippen molar-refractivity contribution in [3.63, 3.8) is 0 Å². The Kier molecular flexibility index (Phi) is 5.16. The van der Waals surface area contributed by atoms with Gasteiger partial charge in [-0.05, 0) is 36.1 Å². The highest BCUT2D eigenvalue weighted by atomic mass is 19.4. The van der Waals surface area contributed by atoms with Gasteiger partial charge in [0, 0.05) is 6.54 Å². The molecule has 0 aromatic heterocycles. The largest absolute Gasteiger partial charge is 0.480 e. The van der Waals surface area contributed by atoms with Crippen LogP contribution in [0.4, 0.5) is 13.2 Å². The van der Waals surface area contributed by atoms with E-state index in [-0.39, 0.29) is 12.5 Å². The van der Waals surface area contributed by atoms with Crippen molar-refractivity contribution in [2.75, 3.05) is 0 Å². The third kappa shape index (κ3) is 4.23. The number of aryl methyl sites for hydroxylation is 1. The highest BCUT2D eigenvalue weighted by molar-refractivity contribution is 5.73. The van der Waals surface area contributed by atoms with Gasteiger partial charge in [-0.2, -0.15) is 13.2 Å². The van der Waals surface area contributed by atoms with E-state index in [0.717, 1.165) is 12.1 Å². The molecular weight excluding hydrogens is 271 g/mol. The van der Waals surface area contributed by atoms with Crippen LogP contribution in [-0.4, -0.2) is 17.1 Å². The molecule has 20 heavy (non-hydrogen) atoms. The van der Waals surface area contributed by atoms with E-state index < -0.39 is 23.8 Å². The van der Waals surface area contributed by atoms with E-state index in [1.807, 2.05) is 0 Å². The van der Waals surface area contributed by atoms with Gasteiger partial charge in [-0.3, -0.25) is 4.79 Å². The predicted molar refractivity (Wildman–Crippen MR) is 69.3 cm³/mol. The minimum absolute atomic E-state index is 0.109. The quantitative estimate of drug-likeness (QED) is 0.875. The van der Waals surface area contributed by atoms with Crippen LogP contribution in [0.2, 0.25) is 0 Å². The molecule has 0 fully saturated rings. The molecule has 0 aliphatic heterocycles. The van der Waals surface area contributed by atoms with Crippen molar-refractivity contribution < 1.29 is 23.1 Å². The highest BCUT2D eigenvalue weighted by Gasteiger charge is 2.30. The van der Waals surface area contributed by atoms with Gasteiger partial charge in [-0.25, -0.2) is 0 Å². The molecule has 1 aromatic rings. The van der Waals surface area contributed by atoms with Gasteiger partial charge in [0.25, 0.3) is 0 Å². The summed E-state index contributed by atoms with van der Waals surface area (Å²) in [5, 5.41) is 11.9. The molecule has 1 aromatic carbocycles. The van der Waals surface area contributed by atoms with Crippen LogP contribution in [0, 0.1) is 12.8 Å². The molecule has 0 bridgehead atoms. The Labute approximate surface area is 115 Å². The summed E-state index contributed by atoms with van der Waals surface area (Å²) in [7, 11) is 0. The maximum Gasteiger partial charge on any atom is 0.416 e. The van der Waals surface area contributed by atoms with E-state index in [1.165, 1.54) is 6.07 Å². The zero-order valence-corrected chi connectivity index (χ0v) is 11.6. The Morgan fingerprint density at radius 2 is 1.95 bits per heavy atom. The van der Waals surface area contributed by atoms with Gasteiger partial charge in [-0.15, -0.1) is 0 Å². The molecule has 112 valence electrons. The second-order valence-corrected chi connectivity index (χ2v) is 5.08. The van der Waals surface area contributed by atoms with Gasteiger partial charge in [0.05, 0.1) is 5.56 Å². The van der Waals surface area contributed by atoms with E-state index in [4.69, 9.17) is 5.11 Å². The van der Waals surface area contributed by atoms with Crippen LogP contribution in [0.3, 0.4) is 0 Å². The summed E-state index contributed by atoms with van der Waals surface area (Å²) in [6.45, 7) is 5.34. The summed E-state index contributed by atoms with van der Waals surface area (Å²) in [5.74, 6) is -1.08. The Morgan fingerprint density at radius 3 is 2.35 bits per heavy atom. The van der Waals surface area contributed by atoms with Gasteiger partial charge >= 0.3 is 12.1 Å². The van der Waals surface area contributed by atoms with Crippen LogP contribution in [0.15, 0.2) is 18.2 Å². The average molecular weight is 289 g/mol. The SMILES string of the molecule is Cc1cc(C(F)(F)F)ccc1CNC(C(=O)O)C(C)C. The molecule has 0 heterocycles. The van der Waals surface area contributed by atoms with E-state index in [1.54, 1.807) is 20.8 Å². The van der Waals surface area contributed by atoms with E-state index >= 15 is 0 Å². The van der Waals surface area contributed by atoms with E-state index in [2.05, 4.69) is 5.32 Å². The fraction of sp³-hybridized carbons (Fsp3) is 0.500. The lowest BCUT2D eigenvalue weighted by Crippen LogP contribution is -2.40. The van der Waals surface area contributed by atoms with Crippen LogP contribution >= 0.6 is 0 Å². The van der Waals surface area contributed by atoms with Crippen LogP contribution < -0.4 is 5.32 Å². The molecule has 0 amide bonds. The molecular formula is C14H18F3NO2. The summed E-state index contributed by atoms with van der Waals surface area (Å²) in [5.41, 5.74) is 0.447. The molecule has 6 heteroatoms. The number of aliphatic carboxylic acids is 1. The molecule has 0 aliphatic rings. The zero-order valence-electron chi connectivity index (χ0n) is 11.6. The van der Waals surface area contributed by atoms with Gasteiger partial charge in [0.2, 0.25) is 0 Å². The number of carboxylic acid groups (broad SMARTS) is 1. The van der Waals surface area contributed by atoms with Crippen molar-refractivity contribution in [3.05, 3.63) is 34.9 Å². The standard InChI is InChI=1S/C14H18F3NO2/c1-8(2)12(13(19)20)18-7-10-4-5-11(6-9(10)3)14(15,16)17/h4-6,8,12,18H,7H2,1-3H3,(H,19,20). The lowest BCUT2D eigenvalue weighted by atomic mass is 10.0. The van der Waals surface area contributed by atoms with Crippen LogP contribution in [-0.2, 0) is 17.5 Å². The molecule has 2 N–H and O–H groups in total. The third-order valence-electron chi connectivity index (χ3n) is 3.12. The molecule has 0 saturated carbocycles. The second-order valence-electron chi connectivity index (χ2n) is 5.08. The normalized spacial score (nSPS) is 13.6. The van der Waals surface area contributed by atoms with Gasteiger partial charge in [-0.1, -0.05) is 19.9 Å². The monoisotopic (exact) mass is 289 g/mol. The third-order valence-corrected chi connectivity index (χ3v) is 3.12. The van der Waals surface area contributed by atoms with Crippen LogP contribution in [0.25, 0.3) is 0 Å². The van der Waals surface area contributed by atoms with Gasteiger partial charge in [0.15, 0.2) is 0 Å². The van der Waals surface area contributed by atoms with Crippen molar-refractivity contribution in [2.24, 2.45) is 5.92 Å². The van der Waals surface area contributed by atoms with Crippen molar-refractivity contribution in [2.45, 2.75) is 39.5 Å². The molecule has 0 radical (unpaired) electrons. The Bertz CT molecular complexity index is 484. The fourth-order valence-corrected chi connectivity index (χ4v) is 1.90. The summed E-state index contributed by atoms with van der Waals surface area (Å²) in [4.78, 5) is 11.0. The number of hydrogen-bond acceptors (Lipinski definition) is 2. The first-order chi connectivity index (χ1) is 9.12. The number of carbonyl (C=O) groups is 1. The number of benzene rings is 1. The highest BCUT2D eigenvalue weighted by Crippen LogP contribution is 2.30. The molecule has 3 nitrogen and oxygen atoms in total. The minimum Gasteiger partial charge on any atom is -0.480 e. The molecule has 1 rings (SSSR count). The van der Waals surface area contributed by atoms with Crippen LogP contribution in [0.5, 0.6) is 0 Å². The summed E-state index contributed by atoms with van der Waals surface area (Å²) in [6, 6.07) is 2.73. The minimum atomic E-state index is -4.36. The number of carboxylic acids is 1. The van der Waals surface area contributed by atoms with Crippen molar-refractivity contribution in [1.82, 2.24) is 5.32 Å². The van der Waals surface area contributed by atoms with E-state index in [9.17, 15) is 18.0 Å². The maximum atomic E-state index is 12.5.